The first-order valence-electron chi connectivity index (χ1n) is 8.67. The standard InChI is InChI=1S/C21H22N2O/c1-15(16-12-13-16)22-23-20(24)19-14-21(19,17-8-4-2-5-9-17)18-10-6-3-7-11-18/h2-11,16,19H,12-14H2,1H3,(H,23,24)/b22-15-/t19-/m1/s1. The zero-order valence-electron chi connectivity index (χ0n) is 13.9. The number of carbonyl (C=O) groups is 1. The largest absolute Gasteiger partial charge is 0.273 e. The molecule has 0 aliphatic heterocycles. The highest BCUT2D eigenvalue weighted by Crippen LogP contribution is 2.58. The van der Waals surface area contributed by atoms with Crippen molar-refractivity contribution in [1.82, 2.24) is 5.43 Å². The third-order valence-electron chi connectivity index (χ3n) is 5.37. The van der Waals surface area contributed by atoms with Crippen molar-refractivity contribution in [2.24, 2.45) is 16.9 Å². The Labute approximate surface area is 142 Å². The summed E-state index contributed by atoms with van der Waals surface area (Å²) in [6, 6.07) is 20.7. The van der Waals surface area contributed by atoms with E-state index in [0.717, 1.165) is 12.1 Å². The van der Waals surface area contributed by atoms with Crippen LogP contribution < -0.4 is 5.43 Å². The van der Waals surface area contributed by atoms with Gasteiger partial charge in [0.1, 0.15) is 0 Å². The SMILES string of the molecule is C/C(=N/NC(=O)[C@H]1CC1(c1ccccc1)c1ccccc1)C1CC1. The molecule has 3 nitrogen and oxygen atoms in total. The van der Waals surface area contributed by atoms with Crippen LogP contribution in [0.5, 0.6) is 0 Å². The average molecular weight is 318 g/mol. The Bertz CT molecular complexity index is 723. The van der Waals surface area contributed by atoms with Gasteiger partial charge in [-0.05, 0) is 43.2 Å². The molecule has 0 spiro atoms. The number of carbonyl (C=O) groups excluding carboxylic acids is 1. The summed E-state index contributed by atoms with van der Waals surface area (Å²) in [5.41, 5.74) is 6.06. The van der Waals surface area contributed by atoms with E-state index in [1.807, 2.05) is 43.3 Å². The van der Waals surface area contributed by atoms with Crippen LogP contribution in [0.15, 0.2) is 65.8 Å². The van der Waals surface area contributed by atoms with Crippen LogP contribution in [0.25, 0.3) is 0 Å². The fourth-order valence-corrected chi connectivity index (χ4v) is 3.67. The minimum Gasteiger partial charge on any atom is -0.273 e. The van der Waals surface area contributed by atoms with Gasteiger partial charge in [0.25, 0.3) is 0 Å². The van der Waals surface area contributed by atoms with E-state index in [-0.39, 0.29) is 17.2 Å². The van der Waals surface area contributed by atoms with Crippen molar-refractivity contribution in [3.05, 3.63) is 71.8 Å². The topological polar surface area (TPSA) is 41.5 Å². The third kappa shape index (κ3) is 2.64. The summed E-state index contributed by atoms with van der Waals surface area (Å²) in [7, 11) is 0. The average Bonchev–Trinajstić information content (AvgIpc) is 3.54. The quantitative estimate of drug-likeness (QED) is 0.659. The fourth-order valence-electron chi connectivity index (χ4n) is 3.67. The van der Waals surface area contributed by atoms with Crippen LogP contribution in [0.3, 0.4) is 0 Å². The zero-order chi connectivity index (χ0) is 16.6. The molecule has 24 heavy (non-hydrogen) atoms. The molecular weight excluding hydrogens is 296 g/mol. The molecule has 2 aromatic rings. The van der Waals surface area contributed by atoms with Crippen LogP contribution >= 0.6 is 0 Å². The van der Waals surface area contributed by atoms with Crippen molar-refractivity contribution in [3.8, 4) is 0 Å². The highest BCUT2D eigenvalue weighted by molar-refractivity contribution is 5.90. The number of nitrogens with one attached hydrogen (secondary N) is 1. The lowest BCUT2D eigenvalue weighted by atomic mass is 9.85. The van der Waals surface area contributed by atoms with Gasteiger partial charge in [0, 0.05) is 11.1 Å². The second kappa shape index (κ2) is 5.90. The maximum Gasteiger partial charge on any atom is 0.244 e. The van der Waals surface area contributed by atoms with Crippen LogP contribution in [-0.4, -0.2) is 11.6 Å². The van der Waals surface area contributed by atoms with Gasteiger partial charge in [-0.1, -0.05) is 60.7 Å². The van der Waals surface area contributed by atoms with E-state index >= 15 is 0 Å². The van der Waals surface area contributed by atoms with E-state index in [4.69, 9.17) is 0 Å². The second-order valence-electron chi connectivity index (χ2n) is 6.96. The molecule has 0 radical (unpaired) electrons. The highest BCUT2D eigenvalue weighted by Gasteiger charge is 2.60. The summed E-state index contributed by atoms with van der Waals surface area (Å²) in [4.78, 5) is 12.7. The monoisotopic (exact) mass is 318 g/mol. The van der Waals surface area contributed by atoms with Gasteiger partial charge in [-0.15, -0.1) is 0 Å². The predicted octanol–water partition coefficient (Wildman–Crippen LogP) is 3.89. The van der Waals surface area contributed by atoms with Gasteiger partial charge in [0.2, 0.25) is 5.91 Å². The Morgan fingerprint density at radius 1 is 1.00 bits per heavy atom. The maximum absolute atomic E-state index is 12.7. The predicted molar refractivity (Wildman–Crippen MR) is 95.7 cm³/mol. The normalized spacial score (nSPS) is 22.0. The van der Waals surface area contributed by atoms with Crippen LogP contribution in [0.1, 0.15) is 37.3 Å². The van der Waals surface area contributed by atoms with E-state index < -0.39 is 0 Å². The summed E-state index contributed by atoms with van der Waals surface area (Å²) >= 11 is 0. The molecule has 4 rings (SSSR count). The molecule has 122 valence electrons. The molecule has 0 saturated heterocycles. The Balaban J connectivity index is 1.60. The molecule has 1 amide bonds. The molecule has 1 N–H and O–H groups in total. The van der Waals surface area contributed by atoms with E-state index in [2.05, 4.69) is 34.8 Å². The fraction of sp³-hybridized carbons (Fsp3) is 0.333. The van der Waals surface area contributed by atoms with Crippen molar-refractivity contribution in [1.29, 1.82) is 0 Å². The van der Waals surface area contributed by atoms with Crippen LogP contribution in [0.2, 0.25) is 0 Å². The van der Waals surface area contributed by atoms with Crippen molar-refractivity contribution >= 4 is 11.6 Å². The lowest BCUT2D eigenvalue weighted by Gasteiger charge is -2.18. The molecule has 3 heteroatoms. The smallest absolute Gasteiger partial charge is 0.244 e. The van der Waals surface area contributed by atoms with Gasteiger partial charge in [0.05, 0.1) is 5.92 Å². The van der Waals surface area contributed by atoms with E-state index in [0.29, 0.717) is 5.92 Å². The molecule has 0 bridgehead atoms. The van der Waals surface area contributed by atoms with Gasteiger partial charge < -0.3 is 0 Å². The van der Waals surface area contributed by atoms with Crippen molar-refractivity contribution in [2.75, 3.05) is 0 Å². The van der Waals surface area contributed by atoms with Crippen molar-refractivity contribution in [2.45, 2.75) is 31.6 Å². The molecule has 0 heterocycles. The van der Waals surface area contributed by atoms with Crippen molar-refractivity contribution < 1.29 is 4.79 Å². The number of hydrogen-bond donors (Lipinski definition) is 1. The molecule has 2 aliphatic carbocycles. The molecule has 2 aliphatic rings. The molecule has 0 unspecified atom stereocenters. The summed E-state index contributed by atoms with van der Waals surface area (Å²) in [6.45, 7) is 2.01. The van der Waals surface area contributed by atoms with E-state index in [9.17, 15) is 4.79 Å². The Hall–Kier alpha value is -2.42. The van der Waals surface area contributed by atoms with Gasteiger partial charge >= 0.3 is 0 Å². The Kier molecular flexibility index (Phi) is 3.72. The summed E-state index contributed by atoms with van der Waals surface area (Å²) in [5.74, 6) is 0.554. The lowest BCUT2D eigenvalue weighted by molar-refractivity contribution is -0.122. The molecule has 2 saturated carbocycles. The first kappa shape index (κ1) is 15.1. The van der Waals surface area contributed by atoms with Crippen LogP contribution in [0, 0.1) is 11.8 Å². The summed E-state index contributed by atoms with van der Waals surface area (Å²) in [5, 5.41) is 4.32. The van der Waals surface area contributed by atoms with Gasteiger partial charge in [-0.25, -0.2) is 5.43 Å². The minimum absolute atomic E-state index is 0.0303. The summed E-state index contributed by atoms with van der Waals surface area (Å²) < 4.78 is 0. The Morgan fingerprint density at radius 3 is 2.04 bits per heavy atom. The zero-order valence-corrected chi connectivity index (χ0v) is 13.9. The van der Waals surface area contributed by atoms with Gasteiger partial charge in [-0.2, -0.15) is 5.10 Å². The van der Waals surface area contributed by atoms with Crippen molar-refractivity contribution in [3.63, 3.8) is 0 Å². The van der Waals surface area contributed by atoms with E-state index in [1.54, 1.807) is 0 Å². The van der Waals surface area contributed by atoms with E-state index in [1.165, 1.54) is 24.0 Å². The van der Waals surface area contributed by atoms with Crippen LogP contribution in [-0.2, 0) is 10.2 Å². The maximum atomic E-state index is 12.7. The molecule has 0 aromatic heterocycles. The molecule has 2 aromatic carbocycles. The number of benzene rings is 2. The first-order valence-corrected chi connectivity index (χ1v) is 8.67. The molecular formula is C21H22N2O. The third-order valence-corrected chi connectivity index (χ3v) is 5.37. The number of hydrogen-bond acceptors (Lipinski definition) is 2. The number of rotatable bonds is 5. The molecule has 2 fully saturated rings. The summed E-state index contributed by atoms with van der Waals surface area (Å²) in [6.07, 6.45) is 3.24. The number of nitrogens with zero attached hydrogens (tertiary/aromatic N) is 1. The van der Waals surface area contributed by atoms with Crippen LogP contribution in [0.4, 0.5) is 0 Å². The first-order chi connectivity index (χ1) is 11.7. The van der Waals surface area contributed by atoms with Gasteiger partial charge in [-0.3, -0.25) is 4.79 Å². The highest BCUT2D eigenvalue weighted by atomic mass is 16.2. The number of hydrazone groups is 1. The Morgan fingerprint density at radius 2 is 1.54 bits per heavy atom. The lowest BCUT2D eigenvalue weighted by Crippen LogP contribution is -2.26. The number of amides is 1. The van der Waals surface area contributed by atoms with Gasteiger partial charge in [0.15, 0.2) is 0 Å². The second-order valence-corrected chi connectivity index (χ2v) is 6.96. The molecule has 1 atom stereocenters. The minimum atomic E-state index is -0.213.